The van der Waals surface area contributed by atoms with Crippen LogP contribution in [0.4, 0.5) is 24.7 Å². The molecule has 2 N–H and O–H groups in total. The molecule has 1 aliphatic rings. The topological polar surface area (TPSA) is 66.5 Å². The number of rotatable bonds is 6. The van der Waals surface area contributed by atoms with Gasteiger partial charge in [-0.1, -0.05) is 6.07 Å². The number of pyridine rings is 1. The van der Waals surface area contributed by atoms with Crippen molar-refractivity contribution in [2.24, 2.45) is 0 Å². The minimum atomic E-state index is -4.79. The van der Waals surface area contributed by atoms with Gasteiger partial charge < -0.3 is 20.3 Å². The van der Waals surface area contributed by atoms with E-state index in [0.717, 1.165) is 48.8 Å². The summed E-state index contributed by atoms with van der Waals surface area (Å²) in [6.07, 6.45) is 0.313. The van der Waals surface area contributed by atoms with Gasteiger partial charge in [-0.3, -0.25) is 4.79 Å². The van der Waals surface area contributed by atoms with Crippen LogP contribution in [0.1, 0.15) is 41.6 Å². The van der Waals surface area contributed by atoms with Crippen LogP contribution in [0.25, 0.3) is 0 Å². The minimum absolute atomic E-state index is 0.0268. The Kier molecular flexibility index (Phi) is 6.92. The molecule has 168 valence electrons. The Balaban J connectivity index is 1.52. The van der Waals surface area contributed by atoms with Crippen LogP contribution >= 0.6 is 0 Å². The predicted octanol–water partition coefficient (Wildman–Crippen LogP) is 4.51. The van der Waals surface area contributed by atoms with E-state index in [2.05, 4.69) is 20.4 Å². The van der Waals surface area contributed by atoms with Gasteiger partial charge in [0, 0.05) is 49.7 Å². The van der Waals surface area contributed by atoms with Crippen LogP contribution in [0.5, 0.6) is 5.75 Å². The number of ether oxygens (including phenoxy) is 1. The molecule has 1 heterocycles. The van der Waals surface area contributed by atoms with Crippen molar-refractivity contribution in [1.82, 2.24) is 10.3 Å². The number of benzene rings is 1. The second-order valence-corrected chi connectivity index (χ2v) is 7.99. The predicted molar refractivity (Wildman–Crippen MR) is 114 cm³/mol. The van der Waals surface area contributed by atoms with E-state index < -0.39 is 18.0 Å². The number of anilines is 2. The van der Waals surface area contributed by atoms with Crippen molar-refractivity contribution in [2.75, 3.05) is 24.3 Å². The summed E-state index contributed by atoms with van der Waals surface area (Å²) >= 11 is 0. The Labute approximate surface area is 179 Å². The molecule has 0 atom stereocenters. The number of carbonyl (C=O) groups excluding carboxylic acids is 1. The smallest absolute Gasteiger partial charge is 0.406 e. The number of alkyl halides is 3. The minimum Gasteiger partial charge on any atom is -0.406 e. The third-order valence-corrected chi connectivity index (χ3v) is 5.30. The fourth-order valence-corrected chi connectivity index (χ4v) is 3.77. The van der Waals surface area contributed by atoms with Gasteiger partial charge in [0.05, 0.1) is 0 Å². The number of hydrogen-bond donors (Lipinski definition) is 2. The number of hydrogen-bond acceptors (Lipinski definition) is 5. The Morgan fingerprint density at radius 2 is 1.81 bits per heavy atom. The van der Waals surface area contributed by atoms with Gasteiger partial charge in [-0.2, -0.15) is 0 Å². The first-order valence-electron chi connectivity index (χ1n) is 10.2. The molecule has 1 saturated carbocycles. The van der Waals surface area contributed by atoms with E-state index in [9.17, 15) is 18.0 Å². The molecule has 1 aliphatic carbocycles. The number of carbonyl (C=O) groups is 1. The van der Waals surface area contributed by atoms with Gasteiger partial charge in [-0.25, -0.2) is 4.98 Å². The van der Waals surface area contributed by atoms with E-state index in [4.69, 9.17) is 0 Å². The number of amides is 1. The molecular formula is C22H27F3N4O2. The van der Waals surface area contributed by atoms with Crippen LogP contribution in [0.2, 0.25) is 0 Å². The molecule has 6 nitrogen and oxygen atoms in total. The van der Waals surface area contributed by atoms with Gasteiger partial charge in [-0.05, 0) is 56.4 Å². The Morgan fingerprint density at radius 3 is 2.45 bits per heavy atom. The molecule has 2 aromatic rings. The largest absolute Gasteiger partial charge is 0.573 e. The third-order valence-electron chi connectivity index (χ3n) is 5.30. The van der Waals surface area contributed by atoms with Gasteiger partial charge in [0.15, 0.2) is 0 Å². The summed E-state index contributed by atoms with van der Waals surface area (Å²) in [5.41, 5.74) is 2.35. The molecule has 1 aromatic carbocycles. The van der Waals surface area contributed by atoms with Crippen LogP contribution in [0.3, 0.4) is 0 Å². The number of aromatic nitrogens is 1. The lowest BCUT2D eigenvalue weighted by atomic mass is 9.91. The molecule has 0 aliphatic heterocycles. The highest BCUT2D eigenvalue weighted by atomic mass is 19.4. The summed E-state index contributed by atoms with van der Waals surface area (Å²) in [6.45, 7) is 2.02. The van der Waals surface area contributed by atoms with Crippen molar-refractivity contribution in [1.29, 1.82) is 0 Å². The zero-order chi connectivity index (χ0) is 22.6. The van der Waals surface area contributed by atoms with Gasteiger partial charge in [-0.15, -0.1) is 13.2 Å². The molecule has 0 bridgehead atoms. The first-order chi connectivity index (χ1) is 14.6. The van der Waals surface area contributed by atoms with E-state index in [1.807, 2.05) is 38.2 Å². The maximum atomic E-state index is 12.5. The standard InChI is InChI=1S/C22H27F3N4O2/c1-14-13-26-20(12-19(14)29(2)3)27-16-7-9-17(10-8-16)28-21(30)15-5-4-6-18(11-15)31-22(23,24)25/h4-6,11-13,16-17H,7-10H2,1-3H3,(H,26,27)(H,28,30). The highest BCUT2D eigenvalue weighted by Crippen LogP contribution is 2.26. The third kappa shape index (κ3) is 6.50. The summed E-state index contributed by atoms with van der Waals surface area (Å²) in [5, 5.41) is 6.38. The molecule has 1 fully saturated rings. The quantitative estimate of drug-likeness (QED) is 0.698. The van der Waals surface area contributed by atoms with Gasteiger partial charge in [0.1, 0.15) is 11.6 Å². The van der Waals surface area contributed by atoms with Gasteiger partial charge in [0.25, 0.3) is 5.91 Å². The molecule has 3 rings (SSSR count). The number of nitrogens with one attached hydrogen (secondary N) is 2. The summed E-state index contributed by atoms with van der Waals surface area (Å²) in [5.74, 6) is 0.0128. The van der Waals surface area contributed by atoms with Crippen LogP contribution < -0.4 is 20.3 Å². The molecular weight excluding hydrogens is 409 g/mol. The Morgan fingerprint density at radius 1 is 1.13 bits per heavy atom. The van der Waals surface area contributed by atoms with Crippen LogP contribution in [-0.4, -0.2) is 43.4 Å². The average molecular weight is 436 g/mol. The highest BCUT2D eigenvalue weighted by molar-refractivity contribution is 5.94. The van der Waals surface area contributed by atoms with Crippen LogP contribution in [-0.2, 0) is 0 Å². The fourth-order valence-electron chi connectivity index (χ4n) is 3.77. The van der Waals surface area contributed by atoms with E-state index in [1.165, 1.54) is 18.2 Å². The molecule has 0 unspecified atom stereocenters. The molecule has 0 spiro atoms. The lowest BCUT2D eigenvalue weighted by molar-refractivity contribution is -0.274. The number of nitrogens with zero attached hydrogens (tertiary/aromatic N) is 2. The van der Waals surface area contributed by atoms with Crippen molar-refractivity contribution in [3.63, 3.8) is 0 Å². The normalized spacial score (nSPS) is 18.9. The zero-order valence-corrected chi connectivity index (χ0v) is 17.8. The van der Waals surface area contributed by atoms with Gasteiger partial charge >= 0.3 is 6.36 Å². The summed E-state index contributed by atoms with van der Waals surface area (Å²) in [7, 11) is 3.98. The molecule has 0 saturated heterocycles. The number of aryl methyl sites for hydroxylation is 1. The summed E-state index contributed by atoms with van der Waals surface area (Å²) in [4.78, 5) is 19.0. The molecule has 1 amide bonds. The number of halogens is 3. The van der Waals surface area contributed by atoms with Crippen LogP contribution in [0, 0.1) is 6.92 Å². The Hall–Kier alpha value is -2.97. The SMILES string of the molecule is Cc1cnc(NC2CCC(NC(=O)c3cccc(OC(F)(F)F)c3)CC2)cc1N(C)C. The lowest BCUT2D eigenvalue weighted by Crippen LogP contribution is -2.40. The summed E-state index contributed by atoms with van der Waals surface area (Å²) < 4.78 is 41.0. The maximum absolute atomic E-state index is 12.5. The summed E-state index contributed by atoms with van der Waals surface area (Å²) in [6, 6.07) is 7.36. The van der Waals surface area contributed by atoms with Crippen LogP contribution in [0.15, 0.2) is 36.5 Å². The van der Waals surface area contributed by atoms with E-state index >= 15 is 0 Å². The lowest BCUT2D eigenvalue weighted by Gasteiger charge is -2.30. The van der Waals surface area contributed by atoms with Crippen molar-refractivity contribution in [2.45, 2.75) is 51.1 Å². The van der Waals surface area contributed by atoms with Crippen molar-refractivity contribution in [3.05, 3.63) is 47.7 Å². The molecule has 9 heteroatoms. The molecule has 1 aromatic heterocycles. The second kappa shape index (κ2) is 9.45. The molecule has 0 radical (unpaired) electrons. The van der Waals surface area contributed by atoms with Gasteiger partial charge in [0.2, 0.25) is 0 Å². The zero-order valence-electron chi connectivity index (χ0n) is 17.8. The average Bonchev–Trinajstić information content (AvgIpc) is 2.69. The van der Waals surface area contributed by atoms with E-state index in [1.54, 1.807) is 0 Å². The second-order valence-electron chi connectivity index (χ2n) is 7.99. The molecule has 31 heavy (non-hydrogen) atoms. The maximum Gasteiger partial charge on any atom is 0.573 e. The Bertz CT molecular complexity index is 910. The first kappa shape index (κ1) is 22.7. The monoisotopic (exact) mass is 436 g/mol. The van der Waals surface area contributed by atoms with Crippen molar-refractivity contribution < 1.29 is 22.7 Å². The first-order valence-corrected chi connectivity index (χ1v) is 10.2. The van der Waals surface area contributed by atoms with E-state index in [0.29, 0.717) is 0 Å². The fraction of sp³-hybridized carbons (Fsp3) is 0.455. The van der Waals surface area contributed by atoms with Crippen molar-refractivity contribution in [3.8, 4) is 5.75 Å². The van der Waals surface area contributed by atoms with Crippen molar-refractivity contribution >= 4 is 17.4 Å². The highest BCUT2D eigenvalue weighted by Gasteiger charge is 2.31. The van der Waals surface area contributed by atoms with E-state index in [-0.39, 0.29) is 17.6 Å².